The highest BCUT2D eigenvalue weighted by molar-refractivity contribution is 5.98. The largest absolute Gasteiger partial charge is 0.545 e. The van der Waals surface area contributed by atoms with Gasteiger partial charge in [-0.25, -0.2) is 0 Å². The maximum Gasteiger partial charge on any atom is 0.0726 e. The van der Waals surface area contributed by atoms with Gasteiger partial charge in [-0.3, -0.25) is 4.98 Å². The summed E-state index contributed by atoms with van der Waals surface area (Å²) >= 11 is 0. The topological polar surface area (TPSA) is 65.0 Å². The summed E-state index contributed by atoms with van der Waals surface area (Å²) in [6.45, 7) is 6.01. The summed E-state index contributed by atoms with van der Waals surface area (Å²) in [5.74, 6) is -1.19. The van der Waals surface area contributed by atoms with Crippen molar-refractivity contribution in [1.29, 1.82) is 0 Å². The van der Waals surface area contributed by atoms with Gasteiger partial charge < -0.3 is 15.2 Å². The van der Waals surface area contributed by atoms with Crippen LogP contribution in [0.1, 0.15) is 27.2 Å². The molecule has 0 saturated carbocycles. The molecule has 4 nitrogen and oxygen atoms in total. The monoisotopic (exact) mass is 305 g/mol. The molecule has 0 radical (unpaired) electrons. The molecule has 0 fully saturated rings. The zero-order valence-electron chi connectivity index (χ0n) is 13.3. The lowest BCUT2D eigenvalue weighted by Crippen LogP contribution is -2.22. The van der Waals surface area contributed by atoms with Gasteiger partial charge in [0, 0.05) is 22.5 Å². The number of carbonyl (C=O) groups is 1. The number of carboxylic acids is 1. The standard InChI is InChI=1S/C19H18N2O2/c1-11-4-6-16(12(2)8-11)21-18-9-13(3)20-17-7-5-14(19(22)23)10-15(17)18/h4-10H,1-3H3,(H,20,21)(H,22,23)/p-1. The molecule has 2 aromatic carbocycles. The molecule has 0 atom stereocenters. The fraction of sp³-hybridized carbons (Fsp3) is 0.158. The molecule has 0 bridgehead atoms. The molecule has 23 heavy (non-hydrogen) atoms. The van der Waals surface area contributed by atoms with E-state index in [1.807, 2.05) is 32.0 Å². The minimum atomic E-state index is -1.19. The van der Waals surface area contributed by atoms with Crippen LogP contribution in [0.4, 0.5) is 11.4 Å². The van der Waals surface area contributed by atoms with Gasteiger partial charge in [-0.1, -0.05) is 23.8 Å². The third kappa shape index (κ3) is 3.01. The molecule has 1 aromatic heterocycles. The van der Waals surface area contributed by atoms with Crippen molar-refractivity contribution in [1.82, 2.24) is 4.98 Å². The Morgan fingerprint density at radius 3 is 2.48 bits per heavy atom. The highest BCUT2D eigenvalue weighted by atomic mass is 16.4. The number of aryl methyl sites for hydroxylation is 3. The number of aromatic carboxylic acids is 1. The van der Waals surface area contributed by atoms with Gasteiger partial charge in [-0.15, -0.1) is 0 Å². The molecule has 3 rings (SSSR count). The van der Waals surface area contributed by atoms with Crippen LogP contribution in [0.15, 0.2) is 42.5 Å². The van der Waals surface area contributed by atoms with Gasteiger partial charge in [0.2, 0.25) is 0 Å². The average Bonchev–Trinajstić information content (AvgIpc) is 2.49. The molecule has 1 N–H and O–H groups in total. The molecule has 0 amide bonds. The van der Waals surface area contributed by atoms with Gasteiger partial charge in [-0.05, 0) is 56.2 Å². The summed E-state index contributed by atoms with van der Waals surface area (Å²) in [6, 6.07) is 12.9. The SMILES string of the molecule is Cc1ccc(Nc2cc(C)nc3ccc(C(=O)[O-])cc23)c(C)c1. The van der Waals surface area contributed by atoms with Crippen LogP contribution in [-0.4, -0.2) is 11.0 Å². The number of nitrogens with one attached hydrogen (secondary N) is 1. The van der Waals surface area contributed by atoms with E-state index in [0.29, 0.717) is 0 Å². The number of hydrogen-bond donors (Lipinski definition) is 1. The molecule has 4 heteroatoms. The number of carbonyl (C=O) groups excluding carboxylic acids is 1. The molecule has 0 aliphatic carbocycles. The van der Waals surface area contributed by atoms with E-state index in [9.17, 15) is 9.90 Å². The molecular weight excluding hydrogens is 288 g/mol. The molecule has 116 valence electrons. The Kier molecular flexibility index (Phi) is 3.74. The summed E-state index contributed by atoms with van der Waals surface area (Å²) in [5.41, 5.74) is 5.91. The first-order chi connectivity index (χ1) is 10.9. The second-order valence-electron chi connectivity index (χ2n) is 5.77. The van der Waals surface area contributed by atoms with Crippen LogP contribution in [0, 0.1) is 20.8 Å². The highest BCUT2D eigenvalue weighted by Crippen LogP contribution is 2.29. The number of benzene rings is 2. The lowest BCUT2D eigenvalue weighted by Gasteiger charge is -2.14. The Hall–Kier alpha value is -2.88. The van der Waals surface area contributed by atoms with Gasteiger partial charge >= 0.3 is 0 Å². The number of hydrogen-bond acceptors (Lipinski definition) is 4. The zero-order chi connectivity index (χ0) is 16.6. The first-order valence-electron chi connectivity index (χ1n) is 7.41. The number of anilines is 2. The van der Waals surface area contributed by atoms with E-state index in [2.05, 4.69) is 23.3 Å². The number of nitrogens with zero attached hydrogens (tertiary/aromatic N) is 1. The molecule has 0 spiro atoms. The fourth-order valence-corrected chi connectivity index (χ4v) is 2.69. The van der Waals surface area contributed by atoms with Gasteiger partial charge in [-0.2, -0.15) is 0 Å². The predicted octanol–water partition coefficient (Wildman–Crippen LogP) is 3.27. The van der Waals surface area contributed by atoms with E-state index in [-0.39, 0.29) is 5.56 Å². The fourth-order valence-electron chi connectivity index (χ4n) is 2.69. The van der Waals surface area contributed by atoms with Crippen LogP contribution in [0.25, 0.3) is 10.9 Å². The van der Waals surface area contributed by atoms with E-state index < -0.39 is 5.97 Å². The van der Waals surface area contributed by atoms with Crippen LogP contribution in [-0.2, 0) is 0 Å². The van der Waals surface area contributed by atoms with Crippen LogP contribution in [0.2, 0.25) is 0 Å². The third-order valence-corrected chi connectivity index (χ3v) is 3.82. The van der Waals surface area contributed by atoms with Crippen LogP contribution < -0.4 is 10.4 Å². The Morgan fingerprint density at radius 2 is 1.78 bits per heavy atom. The number of rotatable bonds is 3. The zero-order valence-corrected chi connectivity index (χ0v) is 13.3. The molecule has 0 aliphatic rings. The van der Waals surface area contributed by atoms with E-state index in [0.717, 1.165) is 33.5 Å². The Balaban J connectivity index is 2.15. The normalized spacial score (nSPS) is 10.7. The lowest BCUT2D eigenvalue weighted by molar-refractivity contribution is -0.255. The Bertz CT molecular complexity index is 917. The van der Waals surface area contributed by atoms with Crippen molar-refractivity contribution < 1.29 is 9.90 Å². The summed E-state index contributed by atoms with van der Waals surface area (Å²) < 4.78 is 0. The first kappa shape index (κ1) is 15.0. The van der Waals surface area contributed by atoms with E-state index in [1.165, 1.54) is 11.6 Å². The first-order valence-corrected chi connectivity index (χ1v) is 7.41. The predicted molar refractivity (Wildman–Crippen MR) is 90.0 cm³/mol. The third-order valence-electron chi connectivity index (χ3n) is 3.82. The van der Waals surface area contributed by atoms with Crippen molar-refractivity contribution in [3.8, 4) is 0 Å². The Labute approximate surface area is 134 Å². The highest BCUT2D eigenvalue weighted by Gasteiger charge is 2.08. The van der Waals surface area contributed by atoms with E-state index in [4.69, 9.17) is 0 Å². The number of carboxylic acid groups (broad SMARTS) is 1. The van der Waals surface area contributed by atoms with Crippen LogP contribution in [0.3, 0.4) is 0 Å². The number of fused-ring (bicyclic) bond motifs is 1. The Morgan fingerprint density at radius 1 is 1.00 bits per heavy atom. The smallest absolute Gasteiger partial charge is 0.0726 e. The summed E-state index contributed by atoms with van der Waals surface area (Å²) in [5, 5.41) is 15.3. The van der Waals surface area contributed by atoms with Crippen molar-refractivity contribution in [2.45, 2.75) is 20.8 Å². The number of pyridine rings is 1. The number of aromatic nitrogens is 1. The van der Waals surface area contributed by atoms with Crippen molar-refractivity contribution in [3.05, 3.63) is 64.8 Å². The van der Waals surface area contributed by atoms with Gasteiger partial charge in [0.15, 0.2) is 0 Å². The molecule has 0 saturated heterocycles. The van der Waals surface area contributed by atoms with Crippen molar-refractivity contribution in [2.75, 3.05) is 5.32 Å². The molecule has 0 unspecified atom stereocenters. The second kappa shape index (κ2) is 5.72. The van der Waals surface area contributed by atoms with Crippen molar-refractivity contribution in [2.24, 2.45) is 0 Å². The second-order valence-corrected chi connectivity index (χ2v) is 5.77. The molecule has 3 aromatic rings. The van der Waals surface area contributed by atoms with Crippen molar-refractivity contribution >= 4 is 28.2 Å². The van der Waals surface area contributed by atoms with Crippen LogP contribution in [0.5, 0.6) is 0 Å². The maximum absolute atomic E-state index is 11.1. The molecular formula is C19H17N2O2-. The van der Waals surface area contributed by atoms with Gasteiger partial charge in [0.1, 0.15) is 0 Å². The molecule has 0 aliphatic heterocycles. The minimum Gasteiger partial charge on any atom is -0.545 e. The lowest BCUT2D eigenvalue weighted by atomic mass is 10.1. The summed E-state index contributed by atoms with van der Waals surface area (Å²) in [6.07, 6.45) is 0. The van der Waals surface area contributed by atoms with E-state index in [1.54, 1.807) is 12.1 Å². The summed E-state index contributed by atoms with van der Waals surface area (Å²) in [7, 11) is 0. The van der Waals surface area contributed by atoms with Gasteiger partial charge in [0.05, 0.1) is 11.5 Å². The summed E-state index contributed by atoms with van der Waals surface area (Å²) in [4.78, 5) is 15.6. The van der Waals surface area contributed by atoms with Crippen molar-refractivity contribution in [3.63, 3.8) is 0 Å². The van der Waals surface area contributed by atoms with E-state index >= 15 is 0 Å². The molecule has 1 heterocycles. The van der Waals surface area contributed by atoms with Crippen LogP contribution >= 0.6 is 0 Å². The minimum absolute atomic E-state index is 0.145. The van der Waals surface area contributed by atoms with Gasteiger partial charge in [0.25, 0.3) is 0 Å². The average molecular weight is 305 g/mol. The quantitative estimate of drug-likeness (QED) is 0.806. The maximum atomic E-state index is 11.1.